The molecule has 0 radical (unpaired) electrons. The van der Waals surface area contributed by atoms with E-state index >= 15 is 0 Å². The molecule has 0 aliphatic heterocycles. The molecule has 6 rings (SSSR count). The first-order valence-electron chi connectivity index (χ1n) is 10.4. The van der Waals surface area contributed by atoms with Gasteiger partial charge in [0, 0.05) is 22.0 Å². The van der Waals surface area contributed by atoms with Crippen LogP contribution in [-0.2, 0) is 0 Å². The first-order valence-corrected chi connectivity index (χ1v) is 10.4. The van der Waals surface area contributed by atoms with E-state index in [0.717, 1.165) is 33.4 Å². The molecule has 3 heteroatoms. The van der Waals surface area contributed by atoms with Gasteiger partial charge in [0.25, 0.3) is 0 Å². The van der Waals surface area contributed by atoms with E-state index < -0.39 is 0 Å². The minimum Gasteiger partial charge on any atom is -0.353 e. The monoisotopic (exact) mass is 397 g/mol. The Morgan fingerprint density at radius 3 is 2.35 bits per heavy atom. The van der Waals surface area contributed by atoms with Crippen molar-refractivity contribution in [2.24, 2.45) is 0 Å². The van der Waals surface area contributed by atoms with Crippen molar-refractivity contribution in [2.45, 2.75) is 6.92 Å². The molecule has 146 valence electrons. The zero-order valence-corrected chi connectivity index (χ0v) is 17.1. The first-order chi connectivity index (χ1) is 15.2. The maximum Gasteiger partial charge on any atom is 0.0998 e. The average Bonchev–Trinajstić information content (AvgIpc) is 3.34. The lowest BCUT2D eigenvalue weighted by molar-refractivity contribution is 1.19. The smallest absolute Gasteiger partial charge is 0.0998 e. The number of nitrogens with zero attached hydrogens (tertiary/aromatic N) is 2. The fourth-order valence-electron chi connectivity index (χ4n) is 4.62. The molecule has 3 nitrogen and oxygen atoms in total. The van der Waals surface area contributed by atoms with Crippen LogP contribution in [0.4, 0.5) is 0 Å². The fourth-order valence-corrected chi connectivity index (χ4v) is 4.62. The second-order valence-corrected chi connectivity index (χ2v) is 7.95. The number of benzene rings is 4. The summed E-state index contributed by atoms with van der Waals surface area (Å²) in [4.78, 5) is 3.61. The number of fused-ring (bicyclic) bond motifs is 5. The number of hydrogen-bond donors (Lipinski definition) is 1. The second-order valence-electron chi connectivity index (χ2n) is 7.95. The summed E-state index contributed by atoms with van der Waals surface area (Å²) in [7, 11) is 0. The van der Waals surface area contributed by atoms with Crippen LogP contribution in [0, 0.1) is 18.3 Å². The molecule has 0 fully saturated rings. The predicted octanol–water partition coefficient (Wildman–Crippen LogP) is 7.11. The highest BCUT2D eigenvalue weighted by Gasteiger charge is 2.17. The van der Waals surface area contributed by atoms with Crippen LogP contribution < -0.4 is 0 Å². The van der Waals surface area contributed by atoms with Crippen LogP contribution >= 0.6 is 0 Å². The predicted molar refractivity (Wildman–Crippen MR) is 128 cm³/mol. The molecule has 1 N–H and O–H groups in total. The van der Waals surface area contributed by atoms with E-state index in [4.69, 9.17) is 0 Å². The zero-order valence-electron chi connectivity index (χ0n) is 17.1. The van der Waals surface area contributed by atoms with Crippen molar-refractivity contribution in [1.82, 2.24) is 9.55 Å². The van der Waals surface area contributed by atoms with Gasteiger partial charge in [-0.25, -0.2) is 0 Å². The van der Waals surface area contributed by atoms with Crippen LogP contribution in [-0.4, -0.2) is 9.55 Å². The zero-order chi connectivity index (χ0) is 20.9. The lowest BCUT2D eigenvalue weighted by Gasteiger charge is -2.10. The summed E-state index contributed by atoms with van der Waals surface area (Å²) in [5, 5.41) is 12.0. The minimum atomic E-state index is 0.707. The lowest BCUT2D eigenvalue weighted by atomic mass is 9.98. The summed E-state index contributed by atoms with van der Waals surface area (Å²) >= 11 is 0. The van der Waals surface area contributed by atoms with Gasteiger partial charge in [-0.2, -0.15) is 5.26 Å². The van der Waals surface area contributed by atoms with Crippen LogP contribution in [0.1, 0.15) is 11.1 Å². The molecule has 0 amide bonds. The number of aryl methyl sites for hydroxylation is 1. The largest absolute Gasteiger partial charge is 0.353 e. The average molecular weight is 397 g/mol. The maximum atomic E-state index is 9.57. The molecule has 0 aliphatic carbocycles. The lowest BCUT2D eigenvalue weighted by Crippen LogP contribution is -1.94. The molecule has 0 aliphatic rings. The third kappa shape index (κ3) is 2.59. The molecule has 2 aromatic heterocycles. The number of H-pyrrole nitrogens is 1. The maximum absolute atomic E-state index is 9.57. The molecule has 6 aromatic rings. The molecule has 0 atom stereocenters. The van der Waals surface area contributed by atoms with E-state index in [-0.39, 0.29) is 0 Å². The Morgan fingerprint density at radius 1 is 0.806 bits per heavy atom. The van der Waals surface area contributed by atoms with Gasteiger partial charge in [-0.15, -0.1) is 0 Å². The molecular weight excluding hydrogens is 378 g/mol. The summed E-state index contributed by atoms with van der Waals surface area (Å²) in [6.45, 7) is 2.01. The number of hydrogen-bond acceptors (Lipinski definition) is 1. The molecule has 0 bridgehead atoms. The Kier molecular flexibility index (Phi) is 3.75. The number of nitriles is 1. The quantitative estimate of drug-likeness (QED) is 0.332. The number of para-hydroxylation sites is 2. The molecule has 0 saturated heterocycles. The molecule has 0 unspecified atom stereocenters. The van der Waals surface area contributed by atoms with Gasteiger partial charge in [-0.1, -0.05) is 60.7 Å². The Bertz CT molecular complexity index is 1630. The number of aromatic nitrogens is 2. The Labute approximate surface area is 179 Å². The topological polar surface area (TPSA) is 44.5 Å². The van der Waals surface area contributed by atoms with Gasteiger partial charge in [-0.3, -0.25) is 0 Å². The van der Waals surface area contributed by atoms with Gasteiger partial charge in [0.05, 0.1) is 28.2 Å². The van der Waals surface area contributed by atoms with E-state index in [9.17, 15) is 5.26 Å². The summed E-state index contributed by atoms with van der Waals surface area (Å²) in [6.07, 6.45) is 0. The third-order valence-electron chi connectivity index (χ3n) is 6.05. The van der Waals surface area contributed by atoms with E-state index in [0.29, 0.717) is 5.56 Å². The van der Waals surface area contributed by atoms with E-state index in [1.165, 1.54) is 21.8 Å². The Morgan fingerprint density at radius 2 is 1.55 bits per heavy atom. The normalized spacial score (nSPS) is 11.4. The summed E-state index contributed by atoms with van der Waals surface area (Å²) < 4.78 is 2.33. The van der Waals surface area contributed by atoms with Crippen LogP contribution in [0.25, 0.3) is 49.7 Å². The summed E-state index contributed by atoms with van der Waals surface area (Å²) in [5.74, 6) is 0. The van der Waals surface area contributed by atoms with Crippen LogP contribution in [0.3, 0.4) is 0 Å². The first kappa shape index (κ1) is 17.6. The van der Waals surface area contributed by atoms with Gasteiger partial charge >= 0.3 is 0 Å². The van der Waals surface area contributed by atoms with Gasteiger partial charge in [0.2, 0.25) is 0 Å². The molecule has 2 heterocycles. The Hall–Kier alpha value is -4.29. The Balaban J connectivity index is 1.60. The molecular formula is C28H19N3. The summed E-state index contributed by atoms with van der Waals surface area (Å²) in [6, 6.07) is 33.8. The highest BCUT2D eigenvalue weighted by molar-refractivity contribution is 6.18. The van der Waals surface area contributed by atoms with Crippen molar-refractivity contribution < 1.29 is 0 Å². The van der Waals surface area contributed by atoms with Gasteiger partial charge in [0.15, 0.2) is 0 Å². The van der Waals surface area contributed by atoms with Crippen molar-refractivity contribution in [2.75, 3.05) is 0 Å². The van der Waals surface area contributed by atoms with E-state index in [2.05, 4.69) is 94.5 Å². The second kappa shape index (κ2) is 6.62. The van der Waals surface area contributed by atoms with Crippen LogP contribution in [0.5, 0.6) is 0 Å². The third-order valence-corrected chi connectivity index (χ3v) is 6.05. The van der Waals surface area contributed by atoms with E-state index in [1.807, 2.05) is 19.1 Å². The molecule has 4 aromatic carbocycles. The van der Waals surface area contributed by atoms with E-state index in [1.54, 1.807) is 0 Å². The van der Waals surface area contributed by atoms with Crippen LogP contribution in [0.2, 0.25) is 0 Å². The molecule has 0 saturated carbocycles. The van der Waals surface area contributed by atoms with Gasteiger partial charge in [0.1, 0.15) is 0 Å². The highest BCUT2D eigenvalue weighted by atomic mass is 15.0. The van der Waals surface area contributed by atoms with Crippen molar-refractivity contribution in [3.05, 3.63) is 102 Å². The number of nitrogens with one attached hydrogen (secondary N) is 1. The minimum absolute atomic E-state index is 0.707. The highest BCUT2D eigenvalue weighted by Crippen LogP contribution is 2.37. The van der Waals surface area contributed by atoms with Gasteiger partial charge in [-0.05, 0) is 53.9 Å². The number of rotatable bonds is 2. The SMILES string of the molecule is Cc1ccc(-c2ccc(-n3c4ccccc4c4[nH]c5ccccc5c43)cc2)c(C#N)c1. The molecule has 0 spiro atoms. The van der Waals surface area contributed by atoms with Crippen molar-refractivity contribution >= 4 is 32.8 Å². The molecule has 31 heavy (non-hydrogen) atoms. The van der Waals surface area contributed by atoms with Crippen LogP contribution in [0.15, 0.2) is 91.0 Å². The van der Waals surface area contributed by atoms with Crippen molar-refractivity contribution in [3.8, 4) is 22.9 Å². The van der Waals surface area contributed by atoms with Crippen molar-refractivity contribution in [3.63, 3.8) is 0 Å². The fraction of sp³-hybridized carbons (Fsp3) is 0.0357. The summed E-state index contributed by atoms with van der Waals surface area (Å²) in [5.41, 5.74) is 9.59. The number of aromatic amines is 1. The van der Waals surface area contributed by atoms with Gasteiger partial charge < -0.3 is 9.55 Å². The van der Waals surface area contributed by atoms with Crippen molar-refractivity contribution in [1.29, 1.82) is 5.26 Å². The standard InChI is InChI=1S/C28H19N3/c1-18-10-15-22(20(16-18)17-29)19-11-13-21(14-12-19)31-26-9-5-3-7-24(26)27-28(31)23-6-2-4-8-25(23)30-27/h2-16,30H,1H3.